The number of hydrogen-bond donors (Lipinski definition) is 1. The van der Waals surface area contributed by atoms with Crippen LogP contribution in [0.2, 0.25) is 0 Å². The molecule has 0 radical (unpaired) electrons. The Morgan fingerprint density at radius 1 is 0.938 bits per heavy atom. The second kappa shape index (κ2) is 10.5. The first-order valence-electron chi connectivity index (χ1n) is 11.8. The zero-order valence-electron chi connectivity index (χ0n) is 18.9. The zero-order valence-corrected chi connectivity index (χ0v) is 18.9. The number of likely N-dealkylation sites (tertiary alicyclic amines) is 1. The summed E-state index contributed by atoms with van der Waals surface area (Å²) < 4.78 is 0. The number of piperidine rings is 2. The minimum absolute atomic E-state index is 0.0780. The summed E-state index contributed by atoms with van der Waals surface area (Å²) in [7, 11) is 0. The Labute approximate surface area is 191 Å². The second-order valence-electron chi connectivity index (χ2n) is 8.99. The molecule has 1 N–H and O–H groups in total. The van der Waals surface area contributed by atoms with Crippen LogP contribution in [0.3, 0.4) is 0 Å². The molecule has 0 unspecified atom stereocenters. The van der Waals surface area contributed by atoms with Crippen molar-refractivity contribution in [2.75, 3.05) is 36.4 Å². The van der Waals surface area contributed by atoms with Crippen molar-refractivity contribution in [1.82, 2.24) is 4.90 Å². The quantitative estimate of drug-likeness (QED) is 0.662. The molecule has 4 rings (SSSR count). The molecule has 2 heterocycles. The van der Waals surface area contributed by atoms with E-state index in [9.17, 15) is 9.59 Å². The second-order valence-corrected chi connectivity index (χ2v) is 8.99. The smallest absolute Gasteiger partial charge is 0.256 e. The summed E-state index contributed by atoms with van der Waals surface area (Å²) in [6.07, 6.45) is 8.90. The van der Waals surface area contributed by atoms with Crippen LogP contribution < -0.4 is 10.2 Å². The molecule has 2 fully saturated rings. The fourth-order valence-electron chi connectivity index (χ4n) is 4.50. The SMILES string of the molecule is CC1CCN(c2ccc(NC(=O)/C=C/c3ccccc3)cc2C(=O)N2CCCCC2)CC1. The number of amides is 2. The molecule has 0 aliphatic carbocycles. The average Bonchev–Trinajstić information content (AvgIpc) is 2.84. The fourth-order valence-corrected chi connectivity index (χ4v) is 4.50. The molecular formula is C27H33N3O2. The largest absolute Gasteiger partial charge is 0.371 e. The lowest BCUT2D eigenvalue weighted by Crippen LogP contribution is -2.38. The number of hydrogen-bond acceptors (Lipinski definition) is 3. The molecule has 5 nitrogen and oxygen atoms in total. The molecule has 32 heavy (non-hydrogen) atoms. The summed E-state index contributed by atoms with van der Waals surface area (Å²) in [5.41, 5.74) is 3.32. The van der Waals surface area contributed by atoms with E-state index in [1.807, 2.05) is 53.4 Å². The maximum atomic E-state index is 13.4. The van der Waals surface area contributed by atoms with Crippen LogP contribution in [0.15, 0.2) is 54.6 Å². The highest BCUT2D eigenvalue weighted by molar-refractivity contribution is 6.05. The van der Waals surface area contributed by atoms with Crippen molar-refractivity contribution in [2.45, 2.75) is 39.0 Å². The molecule has 2 aromatic rings. The van der Waals surface area contributed by atoms with Gasteiger partial charge in [-0.2, -0.15) is 0 Å². The molecule has 5 heteroatoms. The van der Waals surface area contributed by atoms with E-state index in [-0.39, 0.29) is 11.8 Å². The molecule has 2 aliphatic heterocycles. The highest BCUT2D eigenvalue weighted by Crippen LogP contribution is 2.30. The number of rotatable bonds is 5. The minimum atomic E-state index is -0.204. The Kier molecular flexibility index (Phi) is 7.25. The number of anilines is 2. The summed E-state index contributed by atoms with van der Waals surface area (Å²) in [6.45, 7) is 5.84. The van der Waals surface area contributed by atoms with E-state index in [0.29, 0.717) is 11.3 Å². The van der Waals surface area contributed by atoms with E-state index < -0.39 is 0 Å². The highest BCUT2D eigenvalue weighted by atomic mass is 16.2. The van der Waals surface area contributed by atoms with Gasteiger partial charge >= 0.3 is 0 Å². The number of nitrogens with one attached hydrogen (secondary N) is 1. The summed E-state index contributed by atoms with van der Waals surface area (Å²) in [5, 5.41) is 2.93. The van der Waals surface area contributed by atoms with Gasteiger partial charge in [-0.25, -0.2) is 0 Å². The maximum Gasteiger partial charge on any atom is 0.256 e. The first-order chi connectivity index (χ1) is 15.6. The van der Waals surface area contributed by atoms with Crippen molar-refractivity contribution >= 4 is 29.3 Å². The number of carbonyl (C=O) groups excluding carboxylic acids is 2. The number of benzene rings is 2. The van der Waals surface area contributed by atoms with Gasteiger partial charge in [0, 0.05) is 43.6 Å². The maximum absolute atomic E-state index is 13.4. The predicted molar refractivity (Wildman–Crippen MR) is 131 cm³/mol. The van der Waals surface area contributed by atoms with Crippen LogP contribution in [-0.2, 0) is 4.79 Å². The van der Waals surface area contributed by atoms with Gasteiger partial charge in [-0.05, 0) is 67.9 Å². The third kappa shape index (κ3) is 5.58. The molecule has 0 spiro atoms. The summed E-state index contributed by atoms with van der Waals surface area (Å²) in [6, 6.07) is 15.5. The first kappa shape index (κ1) is 22.1. The van der Waals surface area contributed by atoms with E-state index in [1.54, 1.807) is 6.08 Å². The Balaban J connectivity index is 1.55. The summed E-state index contributed by atoms with van der Waals surface area (Å²) in [4.78, 5) is 30.2. The van der Waals surface area contributed by atoms with E-state index in [0.717, 1.165) is 69.0 Å². The first-order valence-corrected chi connectivity index (χ1v) is 11.8. The van der Waals surface area contributed by atoms with Crippen molar-refractivity contribution in [3.63, 3.8) is 0 Å². The summed E-state index contributed by atoms with van der Waals surface area (Å²) in [5.74, 6) is 0.599. The van der Waals surface area contributed by atoms with Gasteiger partial charge in [0.15, 0.2) is 0 Å². The van der Waals surface area contributed by atoms with E-state index >= 15 is 0 Å². The van der Waals surface area contributed by atoms with Gasteiger partial charge in [0.1, 0.15) is 0 Å². The van der Waals surface area contributed by atoms with Crippen LogP contribution >= 0.6 is 0 Å². The van der Waals surface area contributed by atoms with E-state index in [4.69, 9.17) is 0 Å². The van der Waals surface area contributed by atoms with Crippen LogP contribution in [0, 0.1) is 5.92 Å². The number of nitrogens with zero attached hydrogens (tertiary/aromatic N) is 2. The average molecular weight is 432 g/mol. The van der Waals surface area contributed by atoms with Crippen LogP contribution in [-0.4, -0.2) is 42.9 Å². The minimum Gasteiger partial charge on any atom is -0.371 e. The lowest BCUT2D eigenvalue weighted by molar-refractivity contribution is -0.111. The lowest BCUT2D eigenvalue weighted by atomic mass is 9.97. The Morgan fingerprint density at radius 2 is 1.66 bits per heavy atom. The summed E-state index contributed by atoms with van der Waals surface area (Å²) >= 11 is 0. The third-order valence-corrected chi connectivity index (χ3v) is 6.49. The van der Waals surface area contributed by atoms with Crippen molar-refractivity contribution in [2.24, 2.45) is 5.92 Å². The highest BCUT2D eigenvalue weighted by Gasteiger charge is 2.25. The molecule has 168 valence electrons. The van der Waals surface area contributed by atoms with Crippen molar-refractivity contribution < 1.29 is 9.59 Å². The van der Waals surface area contributed by atoms with Gasteiger partial charge in [0.25, 0.3) is 5.91 Å². The van der Waals surface area contributed by atoms with Crippen LogP contribution in [0.1, 0.15) is 54.9 Å². The molecule has 0 bridgehead atoms. The molecule has 0 aromatic heterocycles. The van der Waals surface area contributed by atoms with Crippen LogP contribution in [0.4, 0.5) is 11.4 Å². The van der Waals surface area contributed by atoms with E-state index in [1.165, 1.54) is 12.5 Å². The van der Waals surface area contributed by atoms with Crippen LogP contribution in [0.5, 0.6) is 0 Å². The van der Waals surface area contributed by atoms with Gasteiger partial charge in [-0.3, -0.25) is 9.59 Å². The van der Waals surface area contributed by atoms with Gasteiger partial charge in [0.05, 0.1) is 5.56 Å². The predicted octanol–water partition coefficient (Wildman–Crippen LogP) is 5.20. The van der Waals surface area contributed by atoms with Gasteiger partial charge in [-0.15, -0.1) is 0 Å². The van der Waals surface area contributed by atoms with Crippen molar-refractivity contribution in [1.29, 1.82) is 0 Å². The Bertz CT molecular complexity index is 956. The Hall–Kier alpha value is -3.08. The molecular weight excluding hydrogens is 398 g/mol. The van der Waals surface area contributed by atoms with Gasteiger partial charge in [0.2, 0.25) is 5.91 Å². The molecule has 2 saturated heterocycles. The molecule has 0 saturated carbocycles. The van der Waals surface area contributed by atoms with Crippen molar-refractivity contribution in [3.8, 4) is 0 Å². The standard InChI is InChI=1S/C27H33N3O2/c1-21-14-18-29(19-15-21)25-12-11-23(20-24(25)27(32)30-16-6-3-7-17-30)28-26(31)13-10-22-8-4-2-5-9-22/h2,4-5,8-13,20-21H,3,6-7,14-19H2,1H3,(H,28,31)/b13-10+. The van der Waals surface area contributed by atoms with E-state index in [2.05, 4.69) is 17.1 Å². The fraction of sp³-hybridized carbons (Fsp3) is 0.407. The lowest BCUT2D eigenvalue weighted by Gasteiger charge is -2.35. The molecule has 2 amide bonds. The van der Waals surface area contributed by atoms with Gasteiger partial charge < -0.3 is 15.1 Å². The monoisotopic (exact) mass is 431 g/mol. The normalized spacial score (nSPS) is 17.5. The third-order valence-electron chi connectivity index (χ3n) is 6.49. The molecule has 2 aliphatic rings. The number of carbonyl (C=O) groups is 2. The van der Waals surface area contributed by atoms with Gasteiger partial charge in [-0.1, -0.05) is 37.3 Å². The molecule has 2 aromatic carbocycles. The van der Waals surface area contributed by atoms with Crippen LogP contribution in [0.25, 0.3) is 6.08 Å². The Morgan fingerprint density at radius 3 is 2.38 bits per heavy atom. The molecule has 0 atom stereocenters. The topological polar surface area (TPSA) is 52.7 Å². The van der Waals surface area contributed by atoms with Crippen molar-refractivity contribution in [3.05, 3.63) is 65.7 Å². The zero-order chi connectivity index (χ0) is 22.3.